The Hall–Kier alpha value is -1.49. The van der Waals surface area contributed by atoms with Gasteiger partial charge in [0.1, 0.15) is 11.6 Å². The lowest BCUT2D eigenvalue weighted by Crippen LogP contribution is -2.55. The molecule has 1 N–H and O–H groups in total. The SMILES string of the molecule is CC1CN(C(=O)CCc2cc(F)ccc2F)CC(C)N1. The standard InChI is InChI=1S/C15H20F2N2O/c1-10-8-19(9-11(2)18-10)15(20)6-3-12-7-13(16)4-5-14(12)17/h4-5,7,10-11,18H,3,6,8-9H2,1-2H3. The molecular weight excluding hydrogens is 262 g/mol. The third-order valence-corrected chi connectivity index (χ3v) is 3.53. The molecule has 1 heterocycles. The molecule has 0 aromatic heterocycles. The fourth-order valence-corrected chi connectivity index (χ4v) is 2.67. The highest BCUT2D eigenvalue weighted by Crippen LogP contribution is 2.13. The number of carbonyl (C=O) groups excluding carboxylic acids is 1. The lowest BCUT2D eigenvalue weighted by atomic mass is 10.1. The average Bonchev–Trinajstić information content (AvgIpc) is 2.38. The highest BCUT2D eigenvalue weighted by atomic mass is 19.1. The molecule has 1 aromatic rings. The van der Waals surface area contributed by atoms with Crippen molar-refractivity contribution in [3.8, 4) is 0 Å². The predicted octanol–water partition coefficient (Wildman–Crippen LogP) is 2.11. The first-order chi connectivity index (χ1) is 9.45. The fraction of sp³-hybridized carbons (Fsp3) is 0.533. The molecule has 0 spiro atoms. The number of nitrogens with zero attached hydrogens (tertiary/aromatic N) is 1. The van der Waals surface area contributed by atoms with Gasteiger partial charge in [-0.1, -0.05) is 0 Å². The van der Waals surface area contributed by atoms with Crippen molar-refractivity contribution >= 4 is 5.91 Å². The van der Waals surface area contributed by atoms with E-state index in [0.717, 1.165) is 18.2 Å². The third kappa shape index (κ3) is 3.76. The van der Waals surface area contributed by atoms with Gasteiger partial charge < -0.3 is 10.2 Å². The van der Waals surface area contributed by atoms with E-state index in [1.165, 1.54) is 0 Å². The van der Waals surface area contributed by atoms with Gasteiger partial charge in [0.2, 0.25) is 5.91 Å². The highest BCUT2D eigenvalue weighted by Gasteiger charge is 2.24. The Morgan fingerprint density at radius 2 is 1.95 bits per heavy atom. The van der Waals surface area contributed by atoms with Crippen molar-refractivity contribution < 1.29 is 13.6 Å². The van der Waals surface area contributed by atoms with Crippen molar-refractivity contribution in [3.63, 3.8) is 0 Å². The molecule has 20 heavy (non-hydrogen) atoms. The Morgan fingerprint density at radius 3 is 2.60 bits per heavy atom. The van der Waals surface area contributed by atoms with Gasteiger partial charge in [0.05, 0.1) is 0 Å². The summed E-state index contributed by atoms with van der Waals surface area (Å²) >= 11 is 0. The van der Waals surface area contributed by atoms with Crippen molar-refractivity contribution in [2.75, 3.05) is 13.1 Å². The van der Waals surface area contributed by atoms with Gasteiger partial charge in [-0.25, -0.2) is 8.78 Å². The Morgan fingerprint density at radius 1 is 1.30 bits per heavy atom. The van der Waals surface area contributed by atoms with Crippen LogP contribution in [-0.4, -0.2) is 36.0 Å². The number of benzene rings is 1. The normalized spacial score (nSPS) is 22.9. The largest absolute Gasteiger partial charge is 0.340 e. The van der Waals surface area contributed by atoms with Crippen molar-refractivity contribution in [1.82, 2.24) is 10.2 Å². The topological polar surface area (TPSA) is 32.3 Å². The molecule has 0 saturated carbocycles. The van der Waals surface area contributed by atoms with Crippen LogP contribution in [0.15, 0.2) is 18.2 Å². The number of hydrogen-bond donors (Lipinski definition) is 1. The molecule has 1 aromatic carbocycles. The van der Waals surface area contributed by atoms with Gasteiger partial charge in [0, 0.05) is 31.6 Å². The van der Waals surface area contributed by atoms with Crippen molar-refractivity contribution in [2.24, 2.45) is 0 Å². The van der Waals surface area contributed by atoms with Gasteiger partial charge in [0.25, 0.3) is 0 Å². The monoisotopic (exact) mass is 282 g/mol. The number of halogens is 2. The molecule has 110 valence electrons. The first kappa shape index (κ1) is 14.9. The molecule has 0 aliphatic carbocycles. The average molecular weight is 282 g/mol. The van der Waals surface area contributed by atoms with Gasteiger partial charge in [-0.3, -0.25) is 4.79 Å². The van der Waals surface area contributed by atoms with Gasteiger partial charge in [-0.05, 0) is 44.0 Å². The second kappa shape index (κ2) is 6.31. The van der Waals surface area contributed by atoms with Gasteiger partial charge in [-0.2, -0.15) is 0 Å². The number of amides is 1. The molecule has 1 aliphatic heterocycles. The number of hydrogen-bond acceptors (Lipinski definition) is 2. The summed E-state index contributed by atoms with van der Waals surface area (Å²) in [6.45, 7) is 5.38. The van der Waals surface area contributed by atoms with E-state index in [1.807, 2.05) is 13.8 Å². The summed E-state index contributed by atoms with van der Waals surface area (Å²) in [5.74, 6) is -0.937. The zero-order valence-electron chi connectivity index (χ0n) is 11.8. The molecular formula is C15H20F2N2O. The molecule has 1 saturated heterocycles. The smallest absolute Gasteiger partial charge is 0.223 e. The van der Waals surface area contributed by atoms with Crippen LogP contribution in [0.2, 0.25) is 0 Å². The lowest BCUT2D eigenvalue weighted by molar-refractivity contribution is -0.132. The van der Waals surface area contributed by atoms with E-state index < -0.39 is 11.6 Å². The van der Waals surface area contributed by atoms with Crippen molar-refractivity contribution in [1.29, 1.82) is 0 Å². The molecule has 2 atom stereocenters. The molecule has 1 amide bonds. The maximum Gasteiger partial charge on any atom is 0.223 e. The first-order valence-corrected chi connectivity index (χ1v) is 6.93. The Balaban J connectivity index is 1.93. The van der Waals surface area contributed by atoms with Gasteiger partial charge in [0.15, 0.2) is 0 Å². The second-order valence-corrected chi connectivity index (χ2v) is 5.50. The van der Waals surface area contributed by atoms with E-state index in [2.05, 4.69) is 5.32 Å². The Kier molecular flexibility index (Phi) is 4.70. The summed E-state index contributed by atoms with van der Waals surface area (Å²) in [6.07, 6.45) is 0.439. The summed E-state index contributed by atoms with van der Waals surface area (Å²) in [5, 5.41) is 3.35. The van der Waals surface area contributed by atoms with E-state index in [9.17, 15) is 13.6 Å². The van der Waals surface area contributed by atoms with Crippen LogP contribution in [0.5, 0.6) is 0 Å². The zero-order chi connectivity index (χ0) is 14.7. The molecule has 5 heteroatoms. The number of piperazine rings is 1. The van der Waals surface area contributed by atoms with Gasteiger partial charge in [-0.15, -0.1) is 0 Å². The number of aryl methyl sites for hydroxylation is 1. The summed E-state index contributed by atoms with van der Waals surface area (Å²) in [7, 11) is 0. The Labute approximate surface area is 118 Å². The van der Waals surface area contributed by atoms with Crippen LogP contribution in [0.3, 0.4) is 0 Å². The second-order valence-electron chi connectivity index (χ2n) is 5.50. The number of nitrogens with one attached hydrogen (secondary N) is 1. The van der Waals surface area contributed by atoms with E-state index in [-0.39, 0.29) is 36.4 Å². The summed E-state index contributed by atoms with van der Waals surface area (Å²) in [5.41, 5.74) is 0.259. The van der Waals surface area contributed by atoms with E-state index in [4.69, 9.17) is 0 Å². The maximum absolute atomic E-state index is 13.5. The number of carbonyl (C=O) groups is 1. The molecule has 3 nitrogen and oxygen atoms in total. The highest BCUT2D eigenvalue weighted by molar-refractivity contribution is 5.76. The molecule has 0 radical (unpaired) electrons. The zero-order valence-corrected chi connectivity index (χ0v) is 11.8. The minimum absolute atomic E-state index is 0.00568. The molecule has 2 rings (SSSR count). The van der Waals surface area contributed by atoms with Gasteiger partial charge >= 0.3 is 0 Å². The van der Waals surface area contributed by atoms with Crippen molar-refractivity contribution in [3.05, 3.63) is 35.4 Å². The van der Waals surface area contributed by atoms with Crippen LogP contribution in [0.25, 0.3) is 0 Å². The van der Waals surface area contributed by atoms with E-state index in [1.54, 1.807) is 4.90 Å². The molecule has 2 unspecified atom stereocenters. The first-order valence-electron chi connectivity index (χ1n) is 6.93. The van der Waals surface area contributed by atoms with E-state index >= 15 is 0 Å². The van der Waals surface area contributed by atoms with Crippen LogP contribution in [0, 0.1) is 11.6 Å². The van der Waals surface area contributed by atoms with E-state index in [0.29, 0.717) is 13.1 Å². The lowest BCUT2D eigenvalue weighted by Gasteiger charge is -2.36. The number of rotatable bonds is 3. The molecule has 1 fully saturated rings. The minimum atomic E-state index is -0.474. The summed E-state index contributed by atoms with van der Waals surface area (Å²) in [4.78, 5) is 13.9. The quantitative estimate of drug-likeness (QED) is 0.921. The Bertz CT molecular complexity index is 483. The van der Waals surface area contributed by atoms with Crippen LogP contribution < -0.4 is 5.32 Å². The minimum Gasteiger partial charge on any atom is -0.340 e. The van der Waals surface area contributed by atoms with Crippen LogP contribution >= 0.6 is 0 Å². The molecule has 0 bridgehead atoms. The summed E-state index contributed by atoms with van der Waals surface area (Å²) in [6, 6.07) is 3.86. The predicted molar refractivity (Wildman–Crippen MR) is 73.3 cm³/mol. The third-order valence-electron chi connectivity index (χ3n) is 3.53. The fourth-order valence-electron chi connectivity index (χ4n) is 2.67. The van der Waals surface area contributed by atoms with Crippen LogP contribution in [0.1, 0.15) is 25.8 Å². The van der Waals surface area contributed by atoms with Crippen LogP contribution in [-0.2, 0) is 11.2 Å². The molecule has 1 aliphatic rings. The maximum atomic E-state index is 13.5. The van der Waals surface area contributed by atoms with Crippen LogP contribution in [0.4, 0.5) is 8.78 Å². The summed E-state index contributed by atoms with van der Waals surface area (Å²) < 4.78 is 26.5. The van der Waals surface area contributed by atoms with Crippen molar-refractivity contribution in [2.45, 2.75) is 38.8 Å².